The first-order valence-corrected chi connectivity index (χ1v) is 11.7. The third kappa shape index (κ3) is 5.87. The van der Waals surface area contributed by atoms with Gasteiger partial charge in [0, 0.05) is 31.2 Å². The minimum Gasteiger partial charge on any atom is -0.495 e. The van der Waals surface area contributed by atoms with Gasteiger partial charge in [0.05, 0.1) is 12.8 Å². The molecule has 3 atom stereocenters. The summed E-state index contributed by atoms with van der Waals surface area (Å²) in [5.74, 6) is 0.309. The number of carbonyl (C=O) groups excluding carboxylic acids is 3. The number of rotatable bonds is 7. The first kappa shape index (κ1) is 25.1. The van der Waals surface area contributed by atoms with E-state index in [9.17, 15) is 14.4 Å². The molecule has 8 heteroatoms. The van der Waals surface area contributed by atoms with E-state index in [1.165, 1.54) is 7.11 Å². The third-order valence-electron chi connectivity index (χ3n) is 6.34. The number of hydrogen-bond donors (Lipinski definition) is 2. The summed E-state index contributed by atoms with van der Waals surface area (Å²) in [6.07, 6.45) is 0.730. The zero-order chi connectivity index (χ0) is 24.7. The van der Waals surface area contributed by atoms with E-state index < -0.39 is 12.1 Å². The van der Waals surface area contributed by atoms with Crippen LogP contribution in [0.5, 0.6) is 5.75 Å². The Morgan fingerprint density at radius 1 is 1.06 bits per heavy atom. The number of nitrogens with zero attached hydrogens (tertiary/aromatic N) is 2. The molecule has 2 N–H and O–H groups in total. The Labute approximate surface area is 201 Å². The molecule has 0 spiro atoms. The van der Waals surface area contributed by atoms with Gasteiger partial charge in [0.1, 0.15) is 11.8 Å². The summed E-state index contributed by atoms with van der Waals surface area (Å²) in [5.41, 5.74) is 1.17. The summed E-state index contributed by atoms with van der Waals surface area (Å²) in [6, 6.07) is 15.0. The average Bonchev–Trinajstić information content (AvgIpc) is 2.86. The maximum Gasteiger partial charge on any atom is 0.320 e. The topological polar surface area (TPSA) is 91.0 Å². The lowest BCUT2D eigenvalue weighted by Gasteiger charge is -2.41. The number of methoxy groups -OCH3 is 1. The molecule has 0 aromatic heterocycles. The second-order valence-electron chi connectivity index (χ2n) is 8.66. The van der Waals surface area contributed by atoms with Gasteiger partial charge in [0.15, 0.2) is 0 Å². The largest absolute Gasteiger partial charge is 0.495 e. The molecule has 2 aromatic rings. The molecule has 8 nitrogen and oxygen atoms in total. The Bertz CT molecular complexity index is 997. The van der Waals surface area contributed by atoms with E-state index in [1.54, 1.807) is 40.1 Å². The minimum absolute atomic E-state index is 0.0343. The van der Waals surface area contributed by atoms with E-state index in [2.05, 4.69) is 10.6 Å². The number of nitrogens with one attached hydrogen (secondary N) is 2. The number of urea groups is 1. The highest BCUT2D eigenvalue weighted by Gasteiger charge is 2.35. The third-order valence-corrected chi connectivity index (χ3v) is 6.34. The molecule has 0 bridgehead atoms. The van der Waals surface area contributed by atoms with Gasteiger partial charge in [-0.1, -0.05) is 50.6 Å². The van der Waals surface area contributed by atoms with E-state index >= 15 is 0 Å². The Kier molecular flexibility index (Phi) is 8.51. The number of hydrogen-bond acceptors (Lipinski definition) is 4. The fourth-order valence-electron chi connectivity index (χ4n) is 4.13. The van der Waals surface area contributed by atoms with Crippen LogP contribution in [0.4, 0.5) is 10.5 Å². The molecule has 1 aliphatic rings. The molecule has 0 radical (unpaired) electrons. The molecule has 182 valence electrons. The van der Waals surface area contributed by atoms with E-state index in [0.717, 1.165) is 6.42 Å². The van der Waals surface area contributed by atoms with Crippen LogP contribution in [0.2, 0.25) is 0 Å². The Morgan fingerprint density at radius 2 is 1.74 bits per heavy atom. The molecule has 1 aliphatic heterocycles. The van der Waals surface area contributed by atoms with Crippen LogP contribution in [0.25, 0.3) is 0 Å². The Morgan fingerprint density at radius 3 is 2.38 bits per heavy atom. The molecule has 2 aromatic carbocycles. The standard InChI is InChI=1S/C26H34N4O4/c1-5-18(2)23(28-26(33)27-21-13-9-10-14-22(21)34-4)25(32)29-15-16-30(19(3)17-29)24(31)20-11-7-6-8-12-20/h6-14,18-19,23H,5,15-17H2,1-4H3,(H2,27,28,33). The Balaban J connectivity index is 1.66. The number of amides is 4. The van der Waals surface area contributed by atoms with Gasteiger partial charge in [0.25, 0.3) is 5.91 Å². The number of ether oxygens (including phenoxy) is 1. The zero-order valence-electron chi connectivity index (χ0n) is 20.3. The van der Waals surface area contributed by atoms with Crippen LogP contribution in [0.15, 0.2) is 54.6 Å². The summed E-state index contributed by atoms with van der Waals surface area (Å²) in [5, 5.41) is 5.64. The Hall–Kier alpha value is -3.55. The maximum atomic E-state index is 13.5. The van der Waals surface area contributed by atoms with E-state index in [4.69, 9.17) is 4.74 Å². The molecular formula is C26H34N4O4. The SMILES string of the molecule is CCC(C)C(NC(=O)Nc1ccccc1OC)C(=O)N1CCN(C(=O)c2ccccc2)C(C)C1. The highest BCUT2D eigenvalue weighted by molar-refractivity contribution is 5.96. The van der Waals surface area contributed by atoms with Crippen molar-refractivity contribution < 1.29 is 19.1 Å². The van der Waals surface area contributed by atoms with Crippen LogP contribution in [0.1, 0.15) is 37.6 Å². The summed E-state index contributed by atoms with van der Waals surface area (Å²) >= 11 is 0. The van der Waals surface area contributed by atoms with Gasteiger partial charge in [0.2, 0.25) is 5.91 Å². The van der Waals surface area contributed by atoms with Crippen molar-refractivity contribution in [2.45, 2.75) is 39.3 Å². The van der Waals surface area contributed by atoms with Crippen molar-refractivity contribution in [3.63, 3.8) is 0 Å². The molecular weight excluding hydrogens is 432 g/mol. The second kappa shape index (κ2) is 11.5. The summed E-state index contributed by atoms with van der Waals surface area (Å²) in [6.45, 7) is 7.17. The van der Waals surface area contributed by atoms with Crippen LogP contribution in [-0.4, -0.2) is 66.5 Å². The van der Waals surface area contributed by atoms with Crippen LogP contribution >= 0.6 is 0 Å². The van der Waals surface area contributed by atoms with Gasteiger partial charge in [-0.15, -0.1) is 0 Å². The van der Waals surface area contributed by atoms with Crippen molar-refractivity contribution in [1.29, 1.82) is 0 Å². The van der Waals surface area contributed by atoms with Gasteiger partial charge in [-0.05, 0) is 37.1 Å². The lowest BCUT2D eigenvalue weighted by molar-refractivity contribution is -0.136. The molecule has 3 rings (SSSR count). The number of para-hydroxylation sites is 2. The first-order chi connectivity index (χ1) is 16.3. The van der Waals surface area contributed by atoms with Crippen LogP contribution in [0.3, 0.4) is 0 Å². The second-order valence-corrected chi connectivity index (χ2v) is 8.66. The van der Waals surface area contributed by atoms with Crippen molar-refractivity contribution >= 4 is 23.5 Å². The number of piperazine rings is 1. The highest BCUT2D eigenvalue weighted by Crippen LogP contribution is 2.23. The normalized spacial score (nSPS) is 17.5. The summed E-state index contributed by atoms with van der Waals surface area (Å²) in [7, 11) is 1.53. The molecule has 1 saturated heterocycles. The van der Waals surface area contributed by atoms with E-state index in [0.29, 0.717) is 36.6 Å². The summed E-state index contributed by atoms with van der Waals surface area (Å²) < 4.78 is 5.29. The average molecular weight is 467 g/mol. The summed E-state index contributed by atoms with van der Waals surface area (Å²) in [4.78, 5) is 42.7. The fraction of sp³-hybridized carbons (Fsp3) is 0.423. The molecule has 0 saturated carbocycles. The van der Waals surface area contributed by atoms with Crippen molar-refractivity contribution in [1.82, 2.24) is 15.1 Å². The molecule has 3 unspecified atom stereocenters. The van der Waals surface area contributed by atoms with Crippen molar-refractivity contribution in [2.75, 3.05) is 32.1 Å². The zero-order valence-corrected chi connectivity index (χ0v) is 20.3. The number of carbonyl (C=O) groups is 3. The van der Waals surface area contributed by atoms with Crippen LogP contribution in [-0.2, 0) is 4.79 Å². The van der Waals surface area contributed by atoms with E-state index in [-0.39, 0.29) is 23.8 Å². The molecule has 4 amide bonds. The highest BCUT2D eigenvalue weighted by atomic mass is 16.5. The maximum absolute atomic E-state index is 13.5. The van der Waals surface area contributed by atoms with Gasteiger partial charge in [-0.25, -0.2) is 4.79 Å². The van der Waals surface area contributed by atoms with E-state index in [1.807, 2.05) is 45.0 Å². The lowest BCUT2D eigenvalue weighted by Crippen LogP contribution is -2.60. The van der Waals surface area contributed by atoms with Gasteiger partial charge in [-0.2, -0.15) is 0 Å². The fourth-order valence-corrected chi connectivity index (χ4v) is 4.13. The number of benzene rings is 2. The quantitative estimate of drug-likeness (QED) is 0.652. The molecule has 34 heavy (non-hydrogen) atoms. The number of anilines is 1. The lowest BCUT2D eigenvalue weighted by atomic mass is 9.97. The smallest absolute Gasteiger partial charge is 0.320 e. The predicted octanol–water partition coefficient (Wildman–Crippen LogP) is 3.60. The molecule has 1 fully saturated rings. The van der Waals surface area contributed by atoms with Gasteiger partial charge >= 0.3 is 6.03 Å². The van der Waals surface area contributed by atoms with Crippen LogP contribution < -0.4 is 15.4 Å². The van der Waals surface area contributed by atoms with Crippen molar-refractivity contribution in [3.8, 4) is 5.75 Å². The monoisotopic (exact) mass is 466 g/mol. The van der Waals surface area contributed by atoms with Gasteiger partial charge in [-0.3, -0.25) is 9.59 Å². The minimum atomic E-state index is -0.678. The van der Waals surface area contributed by atoms with Crippen LogP contribution in [0, 0.1) is 5.92 Å². The molecule has 1 heterocycles. The molecule has 0 aliphatic carbocycles. The predicted molar refractivity (Wildman–Crippen MR) is 132 cm³/mol. The van der Waals surface area contributed by atoms with Crippen molar-refractivity contribution in [3.05, 3.63) is 60.2 Å². The first-order valence-electron chi connectivity index (χ1n) is 11.7. The van der Waals surface area contributed by atoms with Gasteiger partial charge < -0.3 is 25.2 Å². The van der Waals surface area contributed by atoms with Crippen molar-refractivity contribution in [2.24, 2.45) is 5.92 Å².